The monoisotopic (exact) mass is 521 g/mol. The third kappa shape index (κ3) is 6.68. The van der Waals surface area contributed by atoms with E-state index in [9.17, 15) is 14.9 Å². The van der Waals surface area contributed by atoms with Gasteiger partial charge in [-0.25, -0.2) is 9.78 Å². The molecule has 0 fully saturated rings. The van der Waals surface area contributed by atoms with Crippen LogP contribution < -0.4 is 15.4 Å². The number of aromatic nitrogens is 2. The molecule has 2 heterocycles. The highest BCUT2D eigenvalue weighted by atomic mass is 32.1. The van der Waals surface area contributed by atoms with Crippen molar-refractivity contribution in [2.75, 3.05) is 18.5 Å². The van der Waals surface area contributed by atoms with Crippen LogP contribution in [0.15, 0.2) is 36.8 Å². The number of amides is 2. The van der Waals surface area contributed by atoms with E-state index >= 15 is 0 Å². The molecule has 2 N–H and O–H groups in total. The van der Waals surface area contributed by atoms with Crippen molar-refractivity contribution in [2.24, 2.45) is 13.0 Å². The molecule has 0 saturated heterocycles. The number of nitrogens with one attached hydrogen (secondary N) is 2. The van der Waals surface area contributed by atoms with Crippen LogP contribution in [-0.2, 0) is 42.4 Å². The first-order chi connectivity index (χ1) is 18.0. The molecule has 1 aliphatic rings. The zero-order valence-electron chi connectivity index (χ0n) is 21.1. The molecule has 2 aromatic heterocycles. The number of para-hydroxylation sites is 1. The Morgan fingerprint density at radius 1 is 1.32 bits per heavy atom. The Labute approximate surface area is 220 Å². The molecule has 1 aromatic carbocycles. The summed E-state index contributed by atoms with van der Waals surface area (Å²) in [5.41, 5.74) is 3.42. The van der Waals surface area contributed by atoms with Crippen molar-refractivity contribution >= 4 is 28.3 Å². The molecule has 194 valence electrons. The van der Waals surface area contributed by atoms with E-state index < -0.39 is 6.09 Å². The number of nitriles is 1. The van der Waals surface area contributed by atoms with Crippen LogP contribution in [-0.4, -0.2) is 34.8 Å². The maximum Gasteiger partial charge on any atom is 0.407 e. The molecule has 1 atom stereocenters. The third-order valence-corrected chi connectivity index (χ3v) is 7.58. The van der Waals surface area contributed by atoms with E-state index in [2.05, 4.69) is 21.7 Å². The molecule has 1 unspecified atom stereocenters. The zero-order chi connectivity index (χ0) is 26.2. The Morgan fingerprint density at radius 3 is 2.92 bits per heavy atom. The van der Waals surface area contributed by atoms with Gasteiger partial charge in [0.05, 0.1) is 37.3 Å². The summed E-state index contributed by atoms with van der Waals surface area (Å²) in [6.45, 7) is 3.15. The number of aryl methyl sites for hydroxylation is 2. The number of hydrogen-bond acceptors (Lipinski definition) is 7. The van der Waals surface area contributed by atoms with E-state index in [-0.39, 0.29) is 11.8 Å². The van der Waals surface area contributed by atoms with Gasteiger partial charge in [-0.05, 0) is 55.7 Å². The smallest absolute Gasteiger partial charge is 0.407 e. The van der Waals surface area contributed by atoms with Crippen molar-refractivity contribution in [3.8, 4) is 11.8 Å². The van der Waals surface area contributed by atoms with Crippen molar-refractivity contribution in [1.29, 1.82) is 5.26 Å². The summed E-state index contributed by atoms with van der Waals surface area (Å²) < 4.78 is 12.9. The van der Waals surface area contributed by atoms with E-state index in [1.54, 1.807) is 12.5 Å². The molecule has 9 nitrogen and oxygen atoms in total. The second kappa shape index (κ2) is 12.4. The highest BCUT2D eigenvalue weighted by Gasteiger charge is 2.27. The minimum atomic E-state index is -0.463. The average molecular weight is 522 g/mol. The standard InChI is InChI=1S/C27H31N5O4S/c1-3-35-23-7-5-4-6-19(23)9-11-25(33)31-26-22(13-28)21-10-8-18(12-24(21)37-26)16-36-27(34)30-15-20-14-29-17-32(20)2/h4-7,14,17-18H,3,8-12,15-16H2,1-2H3,(H,30,34)(H,31,33). The fourth-order valence-corrected chi connectivity index (χ4v) is 5.74. The van der Waals surface area contributed by atoms with Crippen molar-refractivity contribution in [1.82, 2.24) is 14.9 Å². The Bertz CT molecular complexity index is 1290. The maximum absolute atomic E-state index is 12.7. The zero-order valence-corrected chi connectivity index (χ0v) is 21.9. The number of carbonyl (C=O) groups excluding carboxylic acids is 2. The average Bonchev–Trinajstić information content (AvgIpc) is 3.47. The summed E-state index contributed by atoms with van der Waals surface area (Å²) in [6.07, 6.45) is 6.00. The predicted molar refractivity (Wildman–Crippen MR) is 141 cm³/mol. The van der Waals surface area contributed by atoms with Crippen LogP contribution in [0.5, 0.6) is 5.75 Å². The molecule has 2 amide bonds. The van der Waals surface area contributed by atoms with Crippen molar-refractivity contribution < 1.29 is 19.1 Å². The van der Waals surface area contributed by atoms with Crippen LogP contribution in [0.3, 0.4) is 0 Å². The summed E-state index contributed by atoms with van der Waals surface area (Å²) in [4.78, 5) is 29.9. The molecule has 0 radical (unpaired) electrons. The summed E-state index contributed by atoms with van der Waals surface area (Å²) in [5, 5.41) is 16.1. The number of anilines is 1. The van der Waals surface area contributed by atoms with Gasteiger partial charge in [-0.2, -0.15) is 5.26 Å². The number of carbonyl (C=O) groups is 2. The van der Waals surface area contributed by atoms with E-state index in [1.807, 2.05) is 42.8 Å². The number of imidazole rings is 1. The Morgan fingerprint density at radius 2 is 2.16 bits per heavy atom. The Balaban J connectivity index is 1.29. The molecule has 3 aromatic rings. The first kappa shape index (κ1) is 26.2. The van der Waals surface area contributed by atoms with Gasteiger partial charge in [0.1, 0.15) is 16.8 Å². The van der Waals surface area contributed by atoms with E-state index in [0.717, 1.165) is 40.3 Å². The SMILES string of the molecule is CCOc1ccccc1CCC(=O)Nc1sc2c(c1C#N)CCC(COC(=O)NCc1cncn1C)C2. The lowest BCUT2D eigenvalue weighted by molar-refractivity contribution is -0.116. The normalized spacial score (nSPS) is 14.4. The minimum Gasteiger partial charge on any atom is -0.494 e. The second-order valence-electron chi connectivity index (χ2n) is 8.97. The molecule has 37 heavy (non-hydrogen) atoms. The van der Waals surface area contributed by atoms with Crippen LogP contribution in [0.1, 0.15) is 47.0 Å². The van der Waals surface area contributed by atoms with Gasteiger partial charge in [0.15, 0.2) is 0 Å². The predicted octanol–water partition coefficient (Wildman–Crippen LogP) is 4.35. The molecule has 10 heteroatoms. The van der Waals surface area contributed by atoms with Crippen LogP contribution in [0.2, 0.25) is 0 Å². The van der Waals surface area contributed by atoms with Gasteiger partial charge < -0.3 is 24.7 Å². The van der Waals surface area contributed by atoms with Gasteiger partial charge in [0, 0.05) is 24.5 Å². The van der Waals surface area contributed by atoms with Gasteiger partial charge in [-0.1, -0.05) is 18.2 Å². The molecular weight excluding hydrogens is 490 g/mol. The summed E-state index contributed by atoms with van der Waals surface area (Å²) in [6, 6.07) is 9.99. The molecule has 4 rings (SSSR count). The Kier molecular flexibility index (Phi) is 8.80. The highest BCUT2D eigenvalue weighted by molar-refractivity contribution is 7.16. The van der Waals surface area contributed by atoms with Crippen LogP contribution in [0.4, 0.5) is 9.80 Å². The molecule has 1 aliphatic carbocycles. The maximum atomic E-state index is 12.7. The first-order valence-corrected chi connectivity index (χ1v) is 13.2. The van der Waals surface area contributed by atoms with E-state index in [4.69, 9.17) is 9.47 Å². The van der Waals surface area contributed by atoms with Gasteiger partial charge in [-0.3, -0.25) is 4.79 Å². The van der Waals surface area contributed by atoms with Crippen LogP contribution in [0, 0.1) is 17.2 Å². The van der Waals surface area contributed by atoms with Crippen molar-refractivity contribution in [2.45, 2.75) is 45.6 Å². The first-order valence-electron chi connectivity index (χ1n) is 12.4. The molecule has 0 saturated carbocycles. The number of alkyl carbamates (subject to hydrolysis) is 1. The highest BCUT2D eigenvalue weighted by Crippen LogP contribution is 2.39. The van der Waals surface area contributed by atoms with Gasteiger partial charge in [0.2, 0.25) is 5.91 Å². The number of thiophene rings is 1. The van der Waals surface area contributed by atoms with Crippen molar-refractivity contribution in [3.05, 3.63) is 64.1 Å². The van der Waals surface area contributed by atoms with Gasteiger partial charge in [0.25, 0.3) is 0 Å². The van der Waals surface area contributed by atoms with Crippen LogP contribution >= 0.6 is 11.3 Å². The quantitative estimate of drug-likeness (QED) is 0.409. The van der Waals surface area contributed by atoms with E-state index in [0.29, 0.717) is 49.6 Å². The van der Waals surface area contributed by atoms with E-state index in [1.165, 1.54) is 11.3 Å². The number of hydrogen-bond donors (Lipinski definition) is 2. The number of fused-ring (bicyclic) bond motifs is 1. The third-order valence-electron chi connectivity index (χ3n) is 6.41. The number of rotatable bonds is 10. The molecule has 0 bridgehead atoms. The number of benzene rings is 1. The molecular formula is C27H31N5O4S. The largest absolute Gasteiger partial charge is 0.494 e. The topological polar surface area (TPSA) is 118 Å². The Hall–Kier alpha value is -3.84. The fraction of sp³-hybridized carbons (Fsp3) is 0.407. The fourth-order valence-electron chi connectivity index (χ4n) is 4.41. The second-order valence-corrected chi connectivity index (χ2v) is 10.1. The number of nitrogens with zero attached hydrogens (tertiary/aromatic N) is 3. The summed E-state index contributed by atoms with van der Waals surface area (Å²) in [5.74, 6) is 0.825. The summed E-state index contributed by atoms with van der Waals surface area (Å²) in [7, 11) is 1.86. The lowest BCUT2D eigenvalue weighted by Crippen LogP contribution is -2.28. The summed E-state index contributed by atoms with van der Waals surface area (Å²) >= 11 is 1.45. The van der Waals surface area contributed by atoms with Gasteiger partial charge >= 0.3 is 6.09 Å². The van der Waals surface area contributed by atoms with Crippen LogP contribution in [0.25, 0.3) is 0 Å². The van der Waals surface area contributed by atoms with Gasteiger partial charge in [-0.15, -0.1) is 11.3 Å². The number of ether oxygens (including phenoxy) is 2. The minimum absolute atomic E-state index is 0.133. The molecule has 0 spiro atoms. The lowest BCUT2D eigenvalue weighted by atomic mass is 9.88. The lowest BCUT2D eigenvalue weighted by Gasteiger charge is -2.21. The molecule has 0 aliphatic heterocycles. The van der Waals surface area contributed by atoms with Crippen molar-refractivity contribution in [3.63, 3.8) is 0 Å².